The molecule has 1 heterocycles. The second-order valence-electron chi connectivity index (χ2n) is 6.06. The molecule has 1 saturated carbocycles. The summed E-state index contributed by atoms with van der Waals surface area (Å²) in [5.41, 5.74) is 2.23. The monoisotopic (exact) mass is 286 g/mol. The van der Waals surface area contributed by atoms with Crippen molar-refractivity contribution in [3.05, 3.63) is 36.9 Å². The maximum absolute atomic E-state index is 5.80. The Bertz CT molecular complexity index is 594. The van der Waals surface area contributed by atoms with Crippen LogP contribution in [0.4, 0.5) is 5.69 Å². The fraction of sp³-hybridized carbons (Fsp3) is 0.500. The average Bonchev–Trinajstić information content (AvgIpc) is 3.01. The summed E-state index contributed by atoms with van der Waals surface area (Å²) in [6, 6.07) is 8.58. The fourth-order valence-corrected chi connectivity index (χ4v) is 2.93. The molecule has 0 aliphatic heterocycles. The second-order valence-corrected chi connectivity index (χ2v) is 6.06. The van der Waals surface area contributed by atoms with Gasteiger partial charge in [-0.3, -0.25) is 0 Å². The lowest BCUT2D eigenvalue weighted by Gasteiger charge is -2.52. The summed E-state index contributed by atoms with van der Waals surface area (Å²) in [5, 5.41) is 7.87. The molecular formula is C16H22N4O. The zero-order chi connectivity index (χ0) is 14.9. The lowest BCUT2D eigenvalue weighted by Crippen LogP contribution is -2.58. The van der Waals surface area contributed by atoms with Crippen LogP contribution in [0.25, 0.3) is 5.69 Å². The minimum Gasteiger partial charge on any atom is -0.380 e. The van der Waals surface area contributed by atoms with Crippen LogP contribution in [-0.4, -0.2) is 33.5 Å². The van der Waals surface area contributed by atoms with Gasteiger partial charge in [-0.2, -0.15) is 5.10 Å². The van der Waals surface area contributed by atoms with Gasteiger partial charge in [0.15, 0.2) is 0 Å². The molecule has 0 bridgehead atoms. The van der Waals surface area contributed by atoms with Gasteiger partial charge in [0.2, 0.25) is 0 Å². The van der Waals surface area contributed by atoms with Gasteiger partial charge in [-0.25, -0.2) is 9.67 Å². The van der Waals surface area contributed by atoms with E-state index in [9.17, 15) is 0 Å². The fourth-order valence-electron chi connectivity index (χ4n) is 2.93. The van der Waals surface area contributed by atoms with E-state index in [1.807, 2.05) is 18.2 Å². The standard InChI is InChI=1S/C16H22N4O/c1-4-21-15-9-14(16(15,2)3)19-12-7-5-6-8-13(12)20-11-17-10-18-20/h5-8,10-11,14-15,19H,4,9H2,1-3H3. The summed E-state index contributed by atoms with van der Waals surface area (Å²) in [5.74, 6) is 0. The molecule has 1 aromatic carbocycles. The molecule has 2 aromatic rings. The number of anilines is 1. The van der Waals surface area contributed by atoms with Gasteiger partial charge < -0.3 is 10.1 Å². The van der Waals surface area contributed by atoms with Gasteiger partial charge in [-0.1, -0.05) is 26.0 Å². The van der Waals surface area contributed by atoms with Gasteiger partial charge in [-0.05, 0) is 25.5 Å². The van der Waals surface area contributed by atoms with Gasteiger partial charge in [0, 0.05) is 18.1 Å². The Morgan fingerprint density at radius 1 is 1.38 bits per heavy atom. The second kappa shape index (κ2) is 5.48. The third-order valence-corrected chi connectivity index (χ3v) is 4.44. The highest BCUT2D eigenvalue weighted by Gasteiger charge is 2.49. The molecule has 0 spiro atoms. The summed E-state index contributed by atoms with van der Waals surface area (Å²) in [4.78, 5) is 4.02. The van der Waals surface area contributed by atoms with Gasteiger partial charge in [0.05, 0.1) is 17.5 Å². The van der Waals surface area contributed by atoms with E-state index in [-0.39, 0.29) is 5.41 Å². The van der Waals surface area contributed by atoms with Crippen LogP contribution < -0.4 is 5.32 Å². The number of hydrogen-bond acceptors (Lipinski definition) is 4. The minimum atomic E-state index is 0.130. The number of ether oxygens (including phenoxy) is 1. The highest BCUT2D eigenvalue weighted by molar-refractivity contribution is 5.61. The van der Waals surface area contributed by atoms with Crippen LogP contribution in [0, 0.1) is 5.41 Å². The maximum Gasteiger partial charge on any atom is 0.138 e. The zero-order valence-electron chi connectivity index (χ0n) is 12.8. The first-order chi connectivity index (χ1) is 10.1. The van der Waals surface area contributed by atoms with Crippen LogP contribution in [0.3, 0.4) is 0 Å². The number of nitrogens with zero attached hydrogens (tertiary/aromatic N) is 3. The molecule has 21 heavy (non-hydrogen) atoms. The van der Waals surface area contributed by atoms with Crippen LogP contribution in [0.2, 0.25) is 0 Å². The number of benzene rings is 1. The molecule has 1 N–H and O–H groups in total. The highest BCUT2D eigenvalue weighted by Crippen LogP contribution is 2.44. The van der Waals surface area contributed by atoms with Gasteiger partial charge in [0.1, 0.15) is 12.7 Å². The van der Waals surface area contributed by atoms with E-state index >= 15 is 0 Å². The van der Waals surface area contributed by atoms with Crippen molar-refractivity contribution in [1.29, 1.82) is 0 Å². The van der Waals surface area contributed by atoms with Gasteiger partial charge >= 0.3 is 0 Å². The molecule has 5 heteroatoms. The summed E-state index contributed by atoms with van der Waals surface area (Å²) >= 11 is 0. The number of para-hydroxylation sites is 2. The Kier molecular flexibility index (Phi) is 3.68. The molecule has 5 nitrogen and oxygen atoms in total. The van der Waals surface area contributed by atoms with E-state index in [0.29, 0.717) is 12.1 Å². The number of aromatic nitrogens is 3. The van der Waals surface area contributed by atoms with E-state index < -0.39 is 0 Å². The molecule has 112 valence electrons. The summed E-state index contributed by atoms with van der Waals surface area (Å²) < 4.78 is 7.58. The normalized spacial score (nSPS) is 23.6. The number of rotatable bonds is 5. The predicted molar refractivity (Wildman–Crippen MR) is 82.6 cm³/mol. The van der Waals surface area contributed by atoms with E-state index in [1.165, 1.54) is 0 Å². The van der Waals surface area contributed by atoms with Crippen molar-refractivity contribution in [2.45, 2.75) is 39.3 Å². The summed E-state index contributed by atoms with van der Waals surface area (Å²) in [7, 11) is 0. The number of hydrogen-bond donors (Lipinski definition) is 1. The summed E-state index contributed by atoms with van der Waals surface area (Å²) in [6.07, 6.45) is 4.63. The molecule has 2 unspecified atom stereocenters. The molecule has 1 fully saturated rings. The third kappa shape index (κ3) is 2.53. The Morgan fingerprint density at radius 2 is 2.19 bits per heavy atom. The Balaban J connectivity index is 1.78. The molecule has 0 radical (unpaired) electrons. The predicted octanol–water partition coefficient (Wildman–Crippen LogP) is 2.88. The lowest BCUT2D eigenvalue weighted by atomic mass is 9.64. The minimum absolute atomic E-state index is 0.130. The van der Waals surface area contributed by atoms with Crippen LogP contribution >= 0.6 is 0 Å². The first-order valence-corrected chi connectivity index (χ1v) is 7.45. The van der Waals surface area contributed by atoms with Crippen molar-refractivity contribution >= 4 is 5.69 Å². The van der Waals surface area contributed by atoms with Crippen molar-refractivity contribution in [2.75, 3.05) is 11.9 Å². The van der Waals surface area contributed by atoms with Crippen LogP contribution in [0.1, 0.15) is 27.2 Å². The van der Waals surface area contributed by atoms with Crippen molar-refractivity contribution in [3.8, 4) is 5.69 Å². The van der Waals surface area contributed by atoms with E-state index in [4.69, 9.17) is 4.74 Å². The molecule has 3 rings (SSSR count). The Morgan fingerprint density at radius 3 is 2.86 bits per heavy atom. The van der Waals surface area contributed by atoms with Gasteiger partial charge in [0.25, 0.3) is 0 Å². The van der Waals surface area contributed by atoms with Crippen LogP contribution in [-0.2, 0) is 4.74 Å². The first-order valence-electron chi connectivity index (χ1n) is 7.45. The average molecular weight is 286 g/mol. The molecular weight excluding hydrogens is 264 g/mol. The zero-order valence-corrected chi connectivity index (χ0v) is 12.8. The quantitative estimate of drug-likeness (QED) is 0.918. The SMILES string of the molecule is CCOC1CC(Nc2ccccc2-n2cncn2)C1(C)C. The van der Waals surface area contributed by atoms with Crippen molar-refractivity contribution < 1.29 is 4.74 Å². The van der Waals surface area contributed by atoms with E-state index in [0.717, 1.165) is 24.4 Å². The molecule has 0 amide bonds. The first kappa shape index (κ1) is 14.1. The molecule has 1 aromatic heterocycles. The van der Waals surface area contributed by atoms with Crippen LogP contribution in [0.5, 0.6) is 0 Å². The molecule has 1 aliphatic carbocycles. The Hall–Kier alpha value is -1.88. The lowest BCUT2D eigenvalue weighted by molar-refractivity contribution is -0.0975. The molecule has 1 aliphatic rings. The highest BCUT2D eigenvalue weighted by atomic mass is 16.5. The smallest absolute Gasteiger partial charge is 0.138 e. The van der Waals surface area contributed by atoms with E-state index in [1.54, 1.807) is 17.3 Å². The van der Waals surface area contributed by atoms with Crippen molar-refractivity contribution in [3.63, 3.8) is 0 Å². The maximum atomic E-state index is 5.80. The third-order valence-electron chi connectivity index (χ3n) is 4.44. The molecule has 2 atom stereocenters. The number of nitrogens with one attached hydrogen (secondary N) is 1. The largest absolute Gasteiger partial charge is 0.380 e. The van der Waals surface area contributed by atoms with Crippen molar-refractivity contribution in [1.82, 2.24) is 14.8 Å². The van der Waals surface area contributed by atoms with Crippen molar-refractivity contribution in [2.24, 2.45) is 5.41 Å². The van der Waals surface area contributed by atoms with Crippen LogP contribution in [0.15, 0.2) is 36.9 Å². The topological polar surface area (TPSA) is 52.0 Å². The molecule has 0 saturated heterocycles. The van der Waals surface area contributed by atoms with E-state index in [2.05, 4.69) is 42.2 Å². The van der Waals surface area contributed by atoms with Gasteiger partial charge in [-0.15, -0.1) is 0 Å². The Labute approximate surface area is 125 Å². The summed E-state index contributed by atoms with van der Waals surface area (Å²) in [6.45, 7) is 7.34.